The zero-order valence-electron chi connectivity index (χ0n) is 17.8. The van der Waals surface area contributed by atoms with Gasteiger partial charge in [-0.2, -0.15) is 5.10 Å². The number of carbonyl (C=O) groups is 2. The molecule has 1 aliphatic heterocycles. The molecule has 7 nitrogen and oxygen atoms in total. The summed E-state index contributed by atoms with van der Waals surface area (Å²) >= 11 is 0. The number of rotatable bonds is 8. The van der Waals surface area contributed by atoms with Crippen molar-refractivity contribution >= 4 is 17.6 Å². The second-order valence-corrected chi connectivity index (χ2v) is 7.15. The van der Waals surface area contributed by atoms with E-state index in [0.717, 1.165) is 5.56 Å². The van der Waals surface area contributed by atoms with Crippen LogP contribution >= 0.6 is 0 Å². The molecule has 0 aliphatic carbocycles. The van der Waals surface area contributed by atoms with E-state index in [4.69, 9.17) is 4.74 Å². The van der Waals surface area contributed by atoms with Crippen molar-refractivity contribution in [2.45, 2.75) is 19.4 Å². The number of hydrazone groups is 1. The summed E-state index contributed by atoms with van der Waals surface area (Å²) in [6.45, 7) is 2.66. The van der Waals surface area contributed by atoms with Crippen LogP contribution in [-0.2, 0) is 9.53 Å². The summed E-state index contributed by atoms with van der Waals surface area (Å²) in [4.78, 5) is 27.0. The van der Waals surface area contributed by atoms with Crippen molar-refractivity contribution in [1.29, 1.82) is 0 Å². The maximum Gasteiger partial charge on any atom is 0.317 e. The first kappa shape index (κ1) is 22.4. The second kappa shape index (κ2) is 10.7. The highest BCUT2D eigenvalue weighted by molar-refractivity contribution is 6.03. The average Bonchev–Trinajstić information content (AvgIpc) is 3.23. The number of methoxy groups -OCH3 is 1. The van der Waals surface area contributed by atoms with E-state index in [0.29, 0.717) is 30.8 Å². The zero-order chi connectivity index (χ0) is 22.2. The van der Waals surface area contributed by atoms with E-state index in [9.17, 15) is 14.0 Å². The molecule has 3 rings (SSSR count). The summed E-state index contributed by atoms with van der Waals surface area (Å²) in [5.41, 5.74) is 1.77. The van der Waals surface area contributed by atoms with Gasteiger partial charge in [-0.15, -0.1) is 0 Å². The molecule has 0 radical (unpaired) electrons. The standard InChI is InChI=1S/C23H27FN4O3/c1-3-25-23(30)27(13-14-31-2)16-22(29)28-21(17-9-5-4-6-10-17)15-20(26-28)18-11-7-8-12-19(18)24/h4-12,21H,3,13-16H2,1-2H3,(H,25,30)/t21-/m1/s1. The van der Waals surface area contributed by atoms with Gasteiger partial charge in [0.05, 0.1) is 18.4 Å². The average molecular weight is 426 g/mol. The Morgan fingerprint density at radius 1 is 1.19 bits per heavy atom. The summed E-state index contributed by atoms with van der Waals surface area (Å²) in [6.07, 6.45) is 0.385. The number of nitrogens with one attached hydrogen (secondary N) is 1. The van der Waals surface area contributed by atoms with Crippen molar-refractivity contribution in [3.63, 3.8) is 0 Å². The van der Waals surface area contributed by atoms with Crippen LogP contribution in [0.2, 0.25) is 0 Å². The fourth-order valence-corrected chi connectivity index (χ4v) is 3.49. The minimum Gasteiger partial charge on any atom is -0.383 e. The molecule has 0 saturated carbocycles. The van der Waals surface area contributed by atoms with Crippen molar-refractivity contribution in [1.82, 2.24) is 15.2 Å². The predicted octanol–water partition coefficient (Wildman–Crippen LogP) is 3.18. The van der Waals surface area contributed by atoms with Gasteiger partial charge in [0.2, 0.25) is 0 Å². The van der Waals surface area contributed by atoms with Crippen molar-refractivity contribution in [2.75, 3.05) is 33.4 Å². The summed E-state index contributed by atoms with van der Waals surface area (Å²) in [7, 11) is 1.54. The van der Waals surface area contributed by atoms with Crippen LogP contribution in [-0.4, -0.2) is 60.9 Å². The monoisotopic (exact) mass is 426 g/mol. The summed E-state index contributed by atoms with van der Waals surface area (Å²) in [5, 5.41) is 8.57. The number of hydrogen-bond acceptors (Lipinski definition) is 4. The summed E-state index contributed by atoms with van der Waals surface area (Å²) in [6, 6.07) is 15.2. The molecule has 0 spiro atoms. The highest BCUT2D eigenvalue weighted by atomic mass is 19.1. The summed E-state index contributed by atoms with van der Waals surface area (Å²) < 4.78 is 19.5. The largest absolute Gasteiger partial charge is 0.383 e. The number of urea groups is 1. The molecule has 0 aromatic heterocycles. The van der Waals surface area contributed by atoms with Crippen LogP contribution in [0.4, 0.5) is 9.18 Å². The third-order valence-electron chi connectivity index (χ3n) is 5.04. The lowest BCUT2D eigenvalue weighted by Gasteiger charge is -2.27. The molecule has 8 heteroatoms. The molecule has 1 heterocycles. The fraction of sp³-hybridized carbons (Fsp3) is 0.348. The van der Waals surface area contributed by atoms with Crippen LogP contribution in [0.15, 0.2) is 59.7 Å². The number of ether oxygens (including phenoxy) is 1. The number of halogens is 1. The Labute approximate surface area is 181 Å². The Hall–Kier alpha value is -3.26. The van der Waals surface area contributed by atoms with Gasteiger partial charge in [0.25, 0.3) is 5.91 Å². The highest BCUT2D eigenvalue weighted by Crippen LogP contribution is 2.33. The quantitative estimate of drug-likeness (QED) is 0.705. The minimum atomic E-state index is -0.383. The maximum atomic E-state index is 14.4. The van der Waals surface area contributed by atoms with Gasteiger partial charge in [-0.1, -0.05) is 48.5 Å². The molecular weight excluding hydrogens is 399 g/mol. The highest BCUT2D eigenvalue weighted by Gasteiger charge is 2.34. The van der Waals surface area contributed by atoms with Crippen LogP contribution in [0.25, 0.3) is 0 Å². The van der Waals surface area contributed by atoms with Crippen molar-refractivity contribution in [3.05, 3.63) is 71.5 Å². The van der Waals surface area contributed by atoms with Crippen molar-refractivity contribution < 1.29 is 18.7 Å². The molecular formula is C23H27FN4O3. The van der Waals surface area contributed by atoms with Crippen LogP contribution in [0.5, 0.6) is 0 Å². The molecule has 3 amide bonds. The molecule has 1 atom stereocenters. The van der Waals surface area contributed by atoms with Gasteiger partial charge >= 0.3 is 6.03 Å². The third-order valence-corrected chi connectivity index (χ3v) is 5.04. The Morgan fingerprint density at radius 3 is 2.58 bits per heavy atom. The van der Waals surface area contributed by atoms with Gasteiger partial charge in [-0.25, -0.2) is 14.2 Å². The molecule has 2 aromatic carbocycles. The molecule has 164 valence electrons. The van der Waals surface area contributed by atoms with Crippen LogP contribution < -0.4 is 5.32 Å². The maximum absolute atomic E-state index is 14.4. The van der Waals surface area contributed by atoms with Crippen LogP contribution in [0.1, 0.15) is 30.5 Å². The number of nitrogens with zero attached hydrogens (tertiary/aromatic N) is 3. The zero-order valence-corrected chi connectivity index (χ0v) is 17.8. The van der Waals surface area contributed by atoms with Gasteiger partial charge in [-0.05, 0) is 18.6 Å². The molecule has 1 aliphatic rings. The van der Waals surface area contributed by atoms with E-state index in [2.05, 4.69) is 10.4 Å². The lowest BCUT2D eigenvalue weighted by atomic mass is 9.98. The second-order valence-electron chi connectivity index (χ2n) is 7.15. The first-order valence-corrected chi connectivity index (χ1v) is 10.3. The Kier molecular flexibility index (Phi) is 7.72. The smallest absolute Gasteiger partial charge is 0.317 e. The lowest BCUT2D eigenvalue weighted by molar-refractivity contribution is -0.133. The van der Waals surface area contributed by atoms with E-state index in [-0.39, 0.29) is 36.9 Å². The van der Waals surface area contributed by atoms with Crippen molar-refractivity contribution in [2.24, 2.45) is 5.10 Å². The third kappa shape index (κ3) is 5.46. The van der Waals surface area contributed by atoms with E-state index >= 15 is 0 Å². The minimum absolute atomic E-state index is 0.160. The Morgan fingerprint density at radius 2 is 1.90 bits per heavy atom. The molecule has 0 bridgehead atoms. The normalized spacial score (nSPS) is 15.5. The number of carbonyl (C=O) groups excluding carboxylic acids is 2. The molecule has 0 fully saturated rings. The number of hydrogen-bond donors (Lipinski definition) is 1. The first-order chi connectivity index (χ1) is 15.0. The lowest BCUT2D eigenvalue weighted by Crippen LogP contribution is -2.47. The van der Waals surface area contributed by atoms with E-state index in [1.807, 2.05) is 37.3 Å². The topological polar surface area (TPSA) is 74.2 Å². The molecule has 31 heavy (non-hydrogen) atoms. The van der Waals surface area contributed by atoms with Gasteiger partial charge in [0.1, 0.15) is 12.4 Å². The Bertz CT molecular complexity index is 935. The van der Waals surface area contributed by atoms with E-state index < -0.39 is 0 Å². The van der Waals surface area contributed by atoms with Crippen LogP contribution in [0, 0.1) is 5.82 Å². The predicted molar refractivity (Wildman–Crippen MR) is 116 cm³/mol. The summed E-state index contributed by atoms with van der Waals surface area (Å²) in [5.74, 6) is -0.728. The fourth-order valence-electron chi connectivity index (χ4n) is 3.49. The van der Waals surface area contributed by atoms with Gasteiger partial charge in [0.15, 0.2) is 0 Å². The molecule has 2 aromatic rings. The number of amides is 3. The molecule has 0 unspecified atom stereocenters. The van der Waals surface area contributed by atoms with Crippen molar-refractivity contribution in [3.8, 4) is 0 Å². The van der Waals surface area contributed by atoms with E-state index in [1.54, 1.807) is 18.2 Å². The molecule has 0 saturated heterocycles. The van der Waals surface area contributed by atoms with Gasteiger partial charge in [0, 0.05) is 32.2 Å². The van der Waals surface area contributed by atoms with E-state index in [1.165, 1.54) is 23.1 Å². The van der Waals surface area contributed by atoms with Gasteiger partial charge < -0.3 is 15.0 Å². The SMILES string of the molecule is CCNC(=O)N(CCOC)CC(=O)N1N=C(c2ccccc2F)C[C@@H]1c1ccccc1. The van der Waals surface area contributed by atoms with Crippen LogP contribution in [0.3, 0.4) is 0 Å². The Balaban J connectivity index is 1.88. The first-order valence-electron chi connectivity index (χ1n) is 10.3. The number of benzene rings is 2. The molecule has 1 N–H and O–H groups in total. The van der Waals surface area contributed by atoms with Gasteiger partial charge in [-0.3, -0.25) is 4.79 Å².